The number of rotatable bonds is 4. The third-order valence-corrected chi connectivity index (χ3v) is 4.83. The molecule has 1 aliphatic rings. The van der Waals surface area contributed by atoms with Crippen LogP contribution in [0.4, 0.5) is 5.69 Å². The first kappa shape index (κ1) is 16.3. The van der Waals surface area contributed by atoms with Crippen LogP contribution >= 0.6 is 15.9 Å². The minimum absolute atomic E-state index is 0.194. The number of morpholine rings is 1. The molecule has 0 atom stereocenters. The number of carbonyl (C=O) groups is 1. The van der Waals surface area contributed by atoms with E-state index in [0.29, 0.717) is 32.0 Å². The zero-order chi connectivity index (χ0) is 15.5. The number of nitrogens with zero attached hydrogens (tertiary/aromatic N) is 2. The van der Waals surface area contributed by atoms with Gasteiger partial charge in [0.25, 0.3) is 0 Å². The number of hydrogen-bond acceptors (Lipinski definition) is 4. The minimum atomic E-state index is -3.53. The molecule has 0 N–H and O–H groups in total. The van der Waals surface area contributed by atoms with Crippen molar-refractivity contribution >= 4 is 37.5 Å². The molecule has 0 bridgehead atoms. The van der Waals surface area contributed by atoms with Crippen LogP contribution in [0.2, 0.25) is 0 Å². The van der Waals surface area contributed by atoms with Crippen molar-refractivity contribution in [1.29, 1.82) is 0 Å². The van der Waals surface area contributed by atoms with E-state index in [1.54, 1.807) is 29.2 Å². The maximum Gasteiger partial charge on any atom is 0.243 e. The Hall–Kier alpha value is -1.12. The minimum Gasteiger partial charge on any atom is -0.378 e. The van der Waals surface area contributed by atoms with E-state index in [2.05, 4.69) is 15.9 Å². The number of sulfonamides is 1. The molecule has 0 aliphatic carbocycles. The average Bonchev–Trinajstić information content (AvgIpc) is 2.45. The number of ether oxygens (including phenoxy) is 1. The molecule has 1 saturated heterocycles. The van der Waals surface area contributed by atoms with Gasteiger partial charge in [0, 0.05) is 17.6 Å². The van der Waals surface area contributed by atoms with Crippen LogP contribution in [0.15, 0.2) is 28.7 Å². The summed E-state index contributed by atoms with van der Waals surface area (Å²) < 4.78 is 31.1. The molecule has 116 valence electrons. The van der Waals surface area contributed by atoms with Gasteiger partial charge in [0.1, 0.15) is 6.54 Å². The first-order valence-electron chi connectivity index (χ1n) is 6.47. The van der Waals surface area contributed by atoms with Gasteiger partial charge in [-0.25, -0.2) is 8.42 Å². The van der Waals surface area contributed by atoms with Crippen molar-refractivity contribution in [3.05, 3.63) is 28.7 Å². The first-order valence-corrected chi connectivity index (χ1v) is 9.11. The lowest BCUT2D eigenvalue weighted by molar-refractivity contribution is -0.133. The van der Waals surface area contributed by atoms with Crippen molar-refractivity contribution in [2.45, 2.75) is 0 Å². The molecule has 0 spiro atoms. The van der Waals surface area contributed by atoms with Crippen molar-refractivity contribution in [3.8, 4) is 0 Å². The van der Waals surface area contributed by atoms with Crippen LogP contribution < -0.4 is 4.31 Å². The lowest BCUT2D eigenvalue weighted by Crippen LogP contribution is -2.47. The highest BCUT2D eigenvalue weighted by molar-refractivity contribution is 9.10. The van der Waals surface area contributed by atoms with Gasteiger partial charge >= 0.3 is 0 Å². The highest BCUT2D eigenvalue weighted by Crippen LogP contribution is 2.20. The van der Waals surface area contributed by atoms with Crippen molar-refractivity contribution in [1.82, 2.24) is 4.90 Å². The summed E-state index contributed by atoms with van der Waals surface area (Å²) in [5, 5.41) is 0. The van der Waals surface area contributed by atoms with Crippen molar-refractivity contribution in [2.24, 2.45) is 0 Å². The molecule has 21 heavy (non-hydrogen) atoms. The first-order chi connectivity index (χ1) is 9.88. The Bertz CT molecular complexity index is 597. The molecule has 0 saturated carbocycles. The quantitative estimate of drug-likeness (QED) is 0.788. The Morgan fingerprint density at radius 2 is 1.86 bits per heavy atom. The fourth-order valence-electron chi connectivity index (χ4n) is 2.04. The summed E-state index contributed by atoms with van der Waals surface area (Å²) >= 11 is 3.30. The van der Waals surface area contributed by atoms with E-state index in [1.807, 2.05) is 0 Å². The monoisotopic (exact) mass is 376 g/mol. The van der Waals surface area contributed by atoms with Gasteiger partial charge in [-0.05, 0) is 24.3 Å². The summed E-state index contributed by atoms with van der Waals surface area (Å²) in [5.74, 6) is -0.216. The maximum atomic E-state index is 12.3. The predicted molar refractivity (Wildman–Crippen MR) is 83.7 cm³/mol. The third-order valence-electron chi connectivity index (χ3n) is 3.16. The van der Waals surface area contributed by atoms with Gasteiger partial charge in [0.05, 0.1) is 25.2 Å². The van der Waals surface area contributed by atoms with Gasteiger partial charge in [-0.3, -0.25) is 9.10 Å². The lowest BCUT2D eigenvalue weighted by atomic mass is 10.3. The van der Waals surface area contributed by atoms with Crippen LogP contribution in [-0.2, 0) is 19.6 Å². The molecular formula is C13H17BrN2O4S. The highest BCUT2D eigenvalue weighted by Gasteiger charge is 2.24. The molecule has 6 nitrogen and oxygen atoms in total. The molecule has 8 heteroatoms. The molecular weight excluding hydrogens is 360 g/mol. The predicted octanol–water partition coefficient (Wildman–Crippen LogP) is 1.07. The Labute approximate surface area is 132 Å². The molecule has 0 radical (unpaired) electrons. The molecule has 1 heterocycles. The van der Waals surface area contributed by atoms with Crippen LogP contribution in [0.5, 0.6) is 0 Å². The molecule has 0 aromatic heterocycles. The van der Waals surface area contributed by atoms with Gasteiger partial charge in [-0.2, -0.15) is 0 Å². The van der Waals surface area contributed by atoms with E-state index in [-0.39, 0.29) is 12.5 Å². The standard InChI is InChI=1S/C13H17BrN2O4S/c1-21(18,19)16(12-4-2-11(14)3-5-12)10-13(17)15-6-8-20-9-7-15/h2-5H,6-10H2,1H3. The number of carbonyl (C=O) groups excluding carboxylic acids is 1. The summed E-state index contributed by atoms with van der Waals surface area (Å²) in [7, 11) is -3.53. The van der Waals surface area contributed by atoms with Gasteiger partial charge in [0.2, 0.25) is 15.9 Å². The average molecular weight is 377 g/mol. The Morgan fingerprint density at radius 3 is 2.38 bits per heavy atom. The molecule has 1 aliphatic heterocycles. The van der Waals surface area contributed by atoms with E-state index in [9.17, 15) is 13.2 Å². The number of hydrogen-bond donors (Lipinski definition) is 0. The molecule has 2 rings (SSSR count). The van der Waals surface area contributed by atoms with E-state index < -0.39 is 10.0 Å². The molecule has 1 aromatic carbocycles. The van der Waals surface area contributed by atoms with Crippen LogP contribution in [-0.4, -0.2) is 58.3 Å². The van der Waals surface area contributed by atoms with E-state index in [0.717, 1.165) is 15.0 Å². The zero-order valence-electron chi connectivity index (χ0n) is 11.7. The molecule has 0 unspecified atom stereocenters. The van der Waals surface area contributed by atoms with E-state index >= 15 is 0 Å². The second kappa shape index (κ2) is 6.76. The number of benzene rings is 1. The van der Waals surface area contributed by atoms with Crippen LogP contribution in [0.25, 0.3) is 0 Å². The maximum absolute atomic E-state index is 12.3. The van der Waals surface area contributed by atoms with Crippen LogP contribution in [0.1, 0.15) is 0 Å². The number of halogens is 1. The zero-order valence-corrected chi connectivity index (χ0v) is 14.1. The molecule has 1 aromatic rings. The summed E-state index contributed by atoms with van der Waals surface area (Å²) in [4.78, 5) is 13.9. The Kier molecular flexibility index (Phi) is 5.23. The largest absolute Gasteiger partial charge is 0.378 e. The van der Waals surface area contributed by atoms with E-state index in [4.69, 9.17) is 4.74 Å². The molecule has 1 amide bonds. The van der Waals surface area contributed by atoms with Gasteiger partial charge in [-0.1, -0.05) is 15.9 Å². The van der Waals surface area contributed by atoms with Crippen LogP contribution in [0.3, 0.4) is 0 Å². The highest BCUT2D eigenvalue weighted by atomic mass is 79.9. The number of anilines is 1. The van der Waals surface area contributed by atoms with Crippen molar-refractivity contribution in [2.75, 3.05) is 43.4 Å². The van der Waals surface area contributed by atoms with Crippen molar-refractivity contribution < 1.29 is 17.9 Å². The number of amides is 1. The van der Waals surface area contributed by atoms with Crippen LogP contribution in [0, 0.1) is 0 Å². The molecule has 1 fully saturated rings. The SMILES string of the molecule is CS(=O)(=O)N(CC(=O)N1CCOCC1)c1ccc(Br)cc1. The fourth-order valence-corrected chi connectivity index (χ4v) is 3.16. The normalized spacial score (nSPS) is 15.8. The van der Waals surface area contributed by atoms with Crippen molar-refractivity contribution in [3.63, 3.8) is 0 Å². The van der Waals surface area contributed by atoms with Gasteiger partial charge in [-0.15, -0.1) is 0 Å². The topological polar surface area (TPSA) is 66.9 Å². The summed E-state index contributed by atoms with van der Waals surface area (Å²) in [5.41, 5.74) is 0.474. The Balaban J connectivity index is 2.17. The van der Waals surface area contributed by atoms with Gasteiger partial charge in [0.15, 0.2) is 0 Å². The van der Waals surface area contributed by atoms with Gasteiger partial charge < -0.3 is 9.64 Å². The Morgan fingerprint density at radius 1 is 1.29 bits per heavy atom. The van der Waals surface area contributed by atoms with E-state index in [1.165, 1.54) is 0 Å². The fraction of sp³-hybridized carbons (Fsp3) is 0.462. The second-order valence-electron chi connectivity index (χ2n) is 4.74. The second-order valence-corrected chi connectivity index (χ2v) is 7.56. The summed E-state index contributed by atoms with van der Waals surface area (Å²) in [6.07, 6.45) is 1.10. The lowest BCUT2D eigenvalue weighted by Gasteiger charge is -2.30. The summed E-state index contributed by atoms with van der Waals surface area (Å²) in [6.45, 7) is 1.78. The third kappa shape index (κ3) is 4.42. The smallest absolute Gasteiger partial charge is 0.243 e. The summed E-state index contributed by atoms with van der Waals surface area (Å²) in [6, 6.07) is 6.81.